The highest BCUT2D eigenvalue weighted by atomic mass is 79.9. The largest absolute Gasteiger partial charge is 0.296 e. The second-order valence-electron chi connectivity index (χ2n) is 10.1. The predicted octanol–water partition coefficient (Wildman–Crippen LogP) is 9.96. The van der Waals surface area contributed by atoms with Crippen molar-refractivity contribution >= 4 is 43.3 Å². The Hall–Kier alpha value is -1.71. The molecule has 0 spiro atoms. The number of Topliss-reactive ketones (excluding diaryl/α,β-unsaturated/α-hetero) is 1. The molecule has 0 atom stereocenters. The normalized spacial score (nSPS) is 11.7. The molecule has 3 aromatic rings. The summed E-state index contributed by atoms with van der Waals surface area (Å²) in [6, 6.07) is 16.8. The second-order valence-corrected chi connectivity index (χ2v) is 10.9. The maximum absolute atomic E-state index is 13.4. The lowest BCUT2D eigenvalue weighted by Gasteiger charge is -2.22. The summed E-state index contributed by atoms with van der Waals surface area (Å²) in [7, 11) is 0. The van der Waals surface area contributed by atoms with Gasteiger partial charge in [0.2, 0.25) is 0 Å². The van der Waals surface area contributed by atoms with Crippen LogP contribution in [0.4, 0.5) is 0 Å². The van der Waals surface area contributed by atoms with Crippen molar-refractivity contribution < 1.29 is 4.79 Å². The number of fused-ring (bicyclic) bond motifs is 3. The van der Waals surface area contributed by atoms with Gasteiger partial charge in [0.25, 0.3) is 0 Å². The highest BCUT2D eigenvalue weighted by molar-refractivity contribution is 9.10. The first-order valence-corrected chi connectivity index (χ1v) is 14.8. The van der Waals surface area contributed by atoms with Gasteiger partial charge in [-0.25, -0.2) is 0 Å². The van der Waals surface area contributed by atoms with E-state index in [2.05, 4.69) is 77.1 Å². The van der Waals surface area contributed by atoms with Gasteiger partial charge in [-0.05, 0) is 59.6 Å². The van der Waals surface area contributed by atoms with Gasteiger partial charge in [-0.3, -0.25) is 9.69 Å². The fourth-order valence-electron chi connectivity index (χ4n) is 5.03. The Balaban J connectivity index is 1.66. The first-order chi connectivity index (χ1) is 17.1. The molecule has 0 aromatic heterocycles. The van der Waals surface area contributed by atoms with Crippen molar-refractivity contribution in [2.24, 2.45) is 0 Å². The SMILES string of the molecule is CCCCCCCCN(CCCCCCCC)CC(=O)c1ccc2cc(Br)c3ccccc3c2c1. The number of carbonyl (C=O) groups excluding carboxylic acids is 1. The topological polar surface area (TPSA) is 20.3 Å². The van der Waals surface area contributed by atoms with E-state index in [0.717, 1.165) is 28.5 Å². The van der Waals surface area contributed by atoms with E-state index in [1.165, 1.54) is 93.2 Å². The van der Waals surface area contributed by atoms with Crippen molar-refractivity contribution in [2.45, 2.75) is 90.9 Å². The monoisotopic (exact) mass is 537 g/mol. The summed E-state index contributed by atoms with van der Waals surface area (Å²) in [6.45, 7) is 7.14. The van der Waals surface area contributed by atoms with Crippen molar-refractivity contribution in [3.05, 3.63) is 58.6 Å². The van der Waals surface area contributed by atoms with Gasteiger partial charge in [0, 0.05) is 10.0 Å². The molecule has 3 heteroatoms. The van der Waals surface area contributed by atoms with Crippen molar-refractivity contribution in [2.75, 3.05) is 19.6 Å². The van der Waals surface area contributed by atoms with Crippen LogP contribution in [0.25, 0.3) is 21.5 Å². The summed E-state index contributed by atoms with van der Waals surface area (Å²) >= 11 is 3.71. The molecule has 0 saturated heterocycles. The molecule has 3 rings (SSSR count). The Morgan fingerprint density at radius 3 is 1.89 bits per heavy atom. The lowest BCUT2D eigenvalue weighted by Crippen LogP contribution is -2.32. The summed E-state index contributed by atoms with van der Waals surface area (Å²) in [6.07, 6.45) is 15.5. The number of nitrogens with zero attached hydrogens (tertiary/aromatic N) is 1. The first-order valence-electron chi connectivity index (χ1n) is 14.0. The van der Waals surface area contributed by atoms with Crippen LogP contribution >= 0.6 is 15.9 Å². The molecule has 0 unspecified atom stereocenters. The molecule has 0 aliphatic heterocycles. The molecule has 0 fully saturated rings. The van der Waals surface area contributed by atoms with E-state index in [9.17, 15) is 4.79 Å². The van der Waals surface area contributed by atoms with Crippen LogP contribution in [0.2, 0.25) is 0 Å². The van der Waals surface area contributed by atoms with Gasteiger partial charge in [0.15, 0.2) is 5.78 Å². The number of halogens is 1. The zero-order valence-corrected chi connectivity index (χ0v) is 23.5. The number of unbranched alkanes of at least 4 members (excludes halogenated alkanes) is 10. The van der Waals surface area contributed by atoms with E-state index < -0.39 is 0 Å². The molecule has 0 aliphatic carbocycles. The Morgan fingerprint density at radius 1 is 0.686 bits per heavy atom. The summed E-state index contributed by atoms with van der Waals surface area (Å²) in [4.78, 5) is 15.8. The fourth-order valence-corrected chi connectivity index (χ4v) is 5.62. The summed E-state index contributed by atoms with van der Waals surface area (Å²) in [5.74, 6) is 0.246. The van der Waals surface area contributed by atoms with E-state index in [1.807, 2.05) is 6.07 Å². The van der Waals surface area contributed by atoms with Crippen LogP contribution in [0.1, 0.15) is 101 Å². The van der Waals surface area contributed by atoms with Gasteiger partial charge < -0.3 is 0 Å². The van der Waals surface area contributed by atoms with Crippen molar-refractivity contribution in [1.82, 2.24) is 4.90 Å². The van der Waals surface area contributed by atoms with Crippen LogP contribution in [-0.4, -0.2) is 30.3 Å². The zero-order valence-electron chi connectivity index (χ0n) is 22.0. The van der Waals surface area contributed by atoms with Crippen LogP contribution in [0.5, 0.6) is 0 Å². The van der Waals surface area contributed by atoms with Crippen LogP contribution in [0.3, 0.4) is 0 Å². The minimum atomic E-state index is 0.246. The number of hydrogen-bond donors (Lipinski definition) is 0. The van der Waals surface area contributed by atoms with Gasteiger partial charge in [0.05, 0.1) is 6.54 Å². The molecular weight excluding hydrogens is 494 g/mol. The Labute approximate surface area is 221 Å². The van der Waals surface area contributed by atoms with Crippen molar-refractivity contribution in [3.63, 3.8) is 0 Å². The van der Waals surface area contributed by atoms with Crippen molar-refractivity contribution in [1.29, 1.82) is 0 Å². The van der Waals surface area contributed by atoms with Gasteiger partial charge >= 0.3 is 0 Å². The quantitative estimate of drug-likeness (QED) is 0.0968. The Morgan fingerprint density at radius 2 is 1.26 bits per heavy atom. The summed E-state index contributed by atoms with van der Waals surface area (Å²) in [5.41, 5.74) is 0.834. The predicted molar refractivity (Wildman–Crippen MR) is 157 cm³/mol. The van der Waals surface area contributed by atoms with Gasteiger partial charge in [-0.15, -0.1) is 0 Å². The third-order valence-electron chi connectivity index (χ3n) is 7.16. The molecule has 0 bridgehead atoms. The lowest BCUT2D eigenvalue weighted by atomic mass is 9.98. The number of rotatable bonds is 17. The number of carbonyl (C=O) groups is 1. The van der Waals surface area contributed by atoms with Gasteiger partial charge in [-0.2, -0.15) is 0 Å². The molecule has 35 heavy (non-hydrogen) atoms. The molecule has 0 heterocycles. The van der Waals surface area contributed by atoms with Crippen LogP contribution in [0, 0.1) is 0 Å². The second kappa shape index (κ2) is 15.4. The average Bonchev–Trinajstić information content (AvgIpc) is 2.88. The molecule has 0 saturated carbocycles. The first kappa shape index (κ1) is 27.9. The van der Waals surface area contributed by atoms with Crippen LogP contribution in [-0.2, 0) is 0 Å². The minimum absolute atomic E-state index is 0.246. The molecular formula is C32H44BrNO. The lowest BCUT2D eigenvalue weighted by molar-refractivity contribution is 0.0927. The summed E-state index contributed by atoms with van der Waals surface area (Å²) < 4.78 is 1.10. The summed E-state index contributed by atoms with van der Waals surface area (Å²) in [5, 5.41) is 4.72. The number of hydrogen-bond acceptors (Lipinski definition) is 2. The molecule has 3 aromatic carbocycles. The van der Waals surface area contributed by atoms with Crippen LogP contribution in [0.15, 0.2) is 53.0 Å². The molecule has 2 nitrogen and oxygen atoms in total. The highest BCUT2D eigenvalue weighted by Gasteiger charge is 2.14. The Bertz CT molecular complexity index is 1040. The Kier molecular flexibility index (Phi) is 12.3. The standard InChI is InChI=1S/C32H44BrNO/c1-3-5-7-9-11-15-21-34(22-16-12-10-8-6-4-2)25-32(35)27-20-19-26-24-31(33)29-18-14-13-17-28(29)30(26)23-27/h13-14,17-20,23-24H,3-12,15-16,21-22,25H2,1-2H3. The van der Waals surface area contributed by atoms with E-state index in [4.69, 9.17) is 0 Å². The van der Waals surface area contributed by atoms with Crippen molar-refractivity contribution in [3.8, 4) is 0 Å². The highest BCUT2D eigenvalue weighted by Crippen LogP contribution is 2.32. The van der Waals surface area contributed by atoms with Gasteiger partial charge in [-0.1, -0.05) is 130 Å². The smallest absolute Gasteiger partial charge is 0.176 e. The zero-order chi connectivity index (χ0) is 24.9. The number of ketones is 1. The third-order valence-corrected chi connectivity index (χ3v) is 7.81. The minimum Gasteiger partial charge on any atom is -0.296 e. The van der Waals surface area contributed by atoms with E-state index in [0.29, 0.717) is 6.54 Å². The molecule has 190 valence electrons. The maximum atomic E-state index is 13.4. The fraction of sp³-hybridized carbons (Fsp3) is 0.531. The van der Waals surface area contributed by atoms with E-state index >= 15 is 0 Å². The molecule has 0 amide bonds. The third kappa shape index (κ3) is 8.72. The van der Waals surface area contributed by atoms with E-state index in [-0.39, 0.29) is 5.78 Å². The average molecular weight is 539 g/mol. The molecule has 0 radical (unpaired) electrons. The van der Waals surface area contributed by atoms with E-state index in [1.54, 1.807) is 0 Å². The molecule has 0 N–H and O–H groups in total. The molecule has 0 aliphatic rings. The number of benzene rings is 3. The maximum Gasteiger partial charge on any atom is 0.176 e. The van der Waals surface area contributed by atoms with Crippen LogP contribution < -0.4 is 0 Å². The van der Waals surface area contributed by atoms with Gasteiger partial charge in [0.1, 0.15) is 0 Å².